The fourth-order valence-corrected chi connectivity index (χ4v) is 1.98. The number of methoxy groups -OCH3 is 1. The van der Waals surface area contributed by atoms with Crippen LogP contribution in [0.1, 0.15) is 15.9 Å². The Morgan fingerprint density at radius 2 is 1.86 bits per heavy atom. The highest BCUT2D eigenvalue weighted by Crippen LogP contribution is 2.14. The van der Waals surface area contributed by atoms with E-state index in [2.05, 4.69) is 5.32 Å². The van der Waals surface area contributed by atoms with Gasteiger partial charge in [0.15, 0.2) is 0 Å². The van der Waals surface area contributed by atoms with Gasteiger partial charge in [0.2, 0.25) is 0 Å². The molecule has 2 aromatic rings. The van der Waals surface area contributed by atoms with Crippen molar-refractivity contribution < 1.29 is 9.53 Å². The van der Waals surface area contributed by atoms with E-state index in [1.165, 1.54) is 0 Å². The number of anilines is 1. The van der Waals surface area contributed by atoms with E-state index < -0.39 is 0 Å². The first-order valence-electron chi connectivity index (χ1n) is 6.78. The molecule has 1 N–H and O–H groups in total. The van der Waals surface area contributed by atoms with Crippen molar-refractivity contribution in [2.24, 2.45) is 0 Å². The Hall–Kier alpha value is -2.49. The van der Waals surface area contributed by atoms with Crippen LogP contribution in [0.5, 0.6) is 5.75 Å². The highest BCUT2D eigenvalue weighted by atomic mass is 16.5. The number of hydrogen-bond acceptors (Lipinski definition) is 3. The van der Waals surface area contributed by atoms with Crippen LogP contribution in [-0.4, -0.2) is 27.1 Å². The first kappa shape index (κ1) is 14.9. The topological polar surface area (TPSA) is 41.6 Å². The van der Waals surface area contributed by atoms with Crippen molar-refractivity contribution in [1.82, 2.24) is 5.32 Å². The quantitative estimate of drug-likeness (QED) is 0.918. The monoisotopic (exact) mass is 284 g/mol. The molecule has 0 atom stereocenters. The summed E-state index contributed by atoms with van der Waals surface area (Å²) in [5.41, 5.74) is 2.73. The van der Waals surface area contributed by atoms with Gasteiger partial charge in [-0.2, -0.15) is 0 Å². The lowest BCUT2D eigenvalue weighted by molar-refractivity contribution is 0.0951. The number of nitrogens with one attached hydrogen (secondary N) is 1. The Bertz CT molecular complexity index is 606. The number of ether oxygens (including phenoxy) is 1. The molecule has 0 unspecified atom stereocenters. The van der Waals surface area contributed by atoms with E-state index >= 15 is 0 Å². The second-order valence-electron chi connectivity index (χ2n) is 4.98. The second-order valence-corrected chi connectivity index (χ2v) is 4.98. The molecule has 110 valence electrons. The van der Waals surface area contributed by atoms with Crippen LogP contribution >= 0.6 is 0 Å². The van der Waals surface area contributed by atoms with Crippen LogP contribution in [0.3, 0.4) is 0 Å². The average molecular weight is 284 g/mol. The van der Waals surface area contributed by atoms with Gasteiger partial charge in [-0.25, -0.2) is 0 Å². The summed E-state index contributed by atoms with van der Waals surface area (Å²) >= 11 is 0. The maximum Gasteiger partial charge on any atom is 0.251 e. The summed E-state index contributed by atoms with van der Waals surface area (Å²) in [6, 6.07) is 15.2. The zero-order chi connectivity index (χ0) is 15.2. The Morgan fingerprint density at radius 1 is 1.14 bits per heavy atom. The van der Waals surface area contributed by atoms with Gasteiger partial charge < -0.3 is 15.0 Å². The van der Waals surface area contributed by atoms with Gasteiger partial charge in [0, 0.05) is 31.9 Å². The largest absolute Gasteiger partial charge is 0.497 e. The maximum absolute atomic E-state index is 12.1. The van der Waals surface area contributed by atoms with Crippen molar-refractivity contribution in [2.45, 2.75) is 6.54 Å². The number of amides is 1. The minimum atomic E-state index is -0.0804. The lowest BCUT2D eigenvalue weighted by Gasteiger charge is -2.12. The first-order valence-corrected chi connectivity index (χ1v) is 6.78. The first-order chi connectivity index (χ1) is 10.1. The summed E-state index contributed by atoms with van der Waals surface area (Å²) in [4.78, 5) is 14.1. The van der Waals surface area contributed by atoms with Gasteiger partial charge in [0.1, 0.15) is 5.75 Å². The molecule has 0 saturated carbocycles. The molecule has 0 aliphatic heterocycles. The number of nitrogens with zero attached hydrogens (tertiary/aromatic N) is 1. The molecule has 0 fully saturated rings. The molecule has 0 heterocycles. The highest BCUT2D eigenvalue weighted by molar-refractivity contribution is 5.94. The number of benzene rings is 2. The van der Waals surface area contributed by atoms with Crippen LogP contribution < -0.4 is 15.0 Å². The smallest absolute Gasteiger partial charge is 0.251 e. The lowest BCUT2D eigenvalue weighted by Crippen LogP contribution is -2.22. The van der Waals surface area contributed by atoms with Gasteiger partial charge in [0.25, 0.3) is 5.91 Å². The zero-order valence-electron chi connectivity index (χ0n) is 12.6. The van der Waals surface area contributed by atoms with Gasteiger partial charge in [-0.05, 0) is 42.0 Å². The molecule has 0 spiro atoms. The predicted octanol–water partition coefficient (Wildman–Crippen LogP) is 2.69. The molecular weight excluding hydrogens is 264 g/mol. The predicted molar refractivity (Wildman–Crippen MR) is 84.9 cm³/mol. The Morgan fingerprint density at radius 3 is 2.48 bits per heavy atom. The summed E-state index contributed by atoms with van der Waals surface area (Å²) in [5, 5.41) is 2.91. The number of carbonyl (C=O) groups excluding carboxylic acids is 1. The van der Waals surface area contributed by atoms with Crippen LogP contribution in [-0.2, 0) is 6.54 Å². The van der Waals surface area contributed by atoms with Crippen LogP contribution in [0.2, 0.25) is 0 Å². The van der Waals surface area contributed by atoms with Crippen LogP contribution in [0.15, 0.2) is 48.5 Å². The molecule has 21 heavy (non-hydrogen) atoms. The molecule has 0 saturated heterocycles. The standard InChI is InChI=1S/C17H20N2O2/c1-19(2)15-9-7-14(8-10-15)17(20)18-12-13-5-4-6-16(11-13)21-3/h4-11H,12H2,1-3H3,(H,18,20). The third-order valence-corrected chi connectivity index (χ3v) is 3.23. The number of hydrogen-bond donors (Lipinski definition) is 1. The molecule has 2 aromatic carbocycles. The number of carbonyl (C=O) groups is 1. The fraction of sp³-hybridized carbons (Fsp3) is 0.235. The minimum Gasteiger partial charge on any atom is -0.497 e. The summed E-state index contributed by atoms with van der Waals surface area (Å²) in [6.45, 7) is 0.478. The lowest BCUT2D eigenvalue weighted by atomic mass is 10.1. The van der Waals surface area contributed by atoms with Gasteiger partial charge in [0.05, 0.1) is 7.11 Å². The highest BCUT2D eigenvalue weighted by Gasteiger charge is 2.06. The van der Waals surface area contributed by atoms with Crippen molar-refractivity contribution in [3.63, 3.8) is 0 Å². The van der Waals surface area contributed by atoms with Crippen molar-refractivity contribution in [2.75, 3.05) is 26.1 Å². The van der Waals surface area contributed by atoms with Crippen LogP contribution in [0, 0.1) is 0 Å². The summed E-state index contributed by atoms with van der Waals surface area (Å²) in [6.07, 6.45) is 0. The van der Waals surface area contributed by atoms with Crippen LogP contribution in [0.4, 0.5) is 5.69 Å². The maximum atomic E-state index is 12.1. The van der Waals surface area contributed by atoms with Crippen molar-refractivity contribution in [1.29, 1.82) is 0 Å². The third-order valence-electron chi connectivity index (χ3n) is 3.23. The van der Waals surface area contributed by atoms with E-state index in [0.717, 1.165) is 17.0 Å². The van der Waals surface area contributed by atoms with Crippen molar-refractivity contribution >= 4 is 11.6 Å². The SMILES string of the molecule is COc1cccc(CNC(=O)c2ccc(N(C)C)cc2)c1. The Kier molecular flexibility index (Phi) is 4.82. The van der Waals surface area contributed by atoms with Gasteiger partial charge in [-0.15, -0.1) is 0 Å². The zero-order valence-corrected chi connectivity index (χ0v) is 12.6. The fourth-order valence-electron chi connectivity index (χ4n) is 1.98. The summed E-state index contributed by atoms with van der Waals surface area (Å²) < 4.78 is 5.16. The van der Waals surface area contributed by atoms with E-state index in [1.54, 1.807) is 7.11 Å². The molecular formula is C17H20N2O2. The minimum absolute atomic E-state index is 0.0804. The Balaban J connectivity index is 1.97. The van der Waals surface area contributed by atoms with Crippen LogP contribution in [0.25, 0.3) is 0 Å². The molecule has 2 rings (SSSR count). The average Bonchev–Trinajstić information content (AvgIpc) is 2.53. The number of rotatable bonds is 5. The molecule has 0 radical (unpaired) electrons. The van der Waals surface area contributed by atoms with Gasteiger partial charge in [-0.1, -0.05) is 12.1 Å². The van der Waals surface area contributed by atoms with E-state index in [1.807, 2.05) is 67.5 Å². The van der Waals surface area contributed by atoms with Crippen molar-refractivity contribution in [3.8, 4) is 5.75 Å². The molecule has 1 amide bonds. The van der Waals surface area contributed by atoms with E-state index in [9.17, 15) is 4.79 Å². The summed E-state index contributed by atoms with van der Waals surface area (Å²) in [5.74, 6) is 0.709. The molecule has 0 aromatic heterocycles. The van der Waals surface area contributed by atoms with Gasteiger partial charge >= 0.3 is 0 Å². The van der Waals surface area contributed by atoms with E-state index in [0.29, 0.717) is 12.1 Å². The second kappa shape index (κ2) is 6.79. The molecule has 0 aliphatic carbocycles. The summed E-state index contributed by atoms with van der Waals surface area (Å²) in [7, 11) is 5.57. The normalized spacial score (nSPS) is 10.0. The van der Waals surface area contributed by atoms with Crippen molar-refractivity contribution in [3.05, 3.63) is 59.7 Å². The third kappa shape index (κ3) is 3.99. The molecule has 4 nitrogen and oxygen atoms in total. The van der Waals surface area contributed by atoms with E-state index in [-0.39, 0.29) is 5.91 Å². The molecule has 0 bridgehead atoms. The van der Waals surface area contributed by atoms with Gasteiger partial charge in [-0.3, -0.25) is 4.79 Å². The Labute approximate surface area is 125 Å². The molecule has 4 heteroatoms. The van der Waals surface area contributed by atoms with E-state index in [4.69, 9.17) is 4.74 Å². The molecule has 0 aliphatic rings.